The molecule has 0 aliphatic carbocycles. The molecule has 3 heteroatoms. The van der Waals surface area contributed by atoms with E-state index in [1.165, 1.54) is 11.1 Å². The predicted octanol–water partition coefficient (Wildman–Crippen LogP) is 4.10. The van der Waals surface area contributed by atoms with Crippen LogP contribution in [0, 0.1) is 6.92 Å². The molecule has 0 aliphatic rings. The molecule has 0 aromatic carbocycles. The zero-order valence-electron chi connectivity index (χ0n) is 12.0. The summed E-state index contributed by atoms with van der Waals surface area (Å²) in [7, 11) is 0. The first-order chi connectivity index (χ1) is 9.61. The molecule has 0 amide bonds. The zero-order chi connectivity index (χ0) is 14.1. The number of nitrogens with zero attached hydrogens (tertiary/aromatic N) is 2. The molecule has 0 bridgehead atoms. The van der Waals surface area contributed by atoms with Crippen molar-refractivity contribution in [1.82, 2.24) is 9.38 Å². The molecule has 0 atom stereocenters. The maximum atomic E-state index is 5.70. The number of fused-ring (bicyclic) bond motifs is 1. The van der Waals surface area contributed by atoms with Crippen LogP contribution in [0.15, 0.2) is 49.1 Å². The van der Waals surface area contributed by atoms with Crippen molar-refractivity contribution in [1.29, 1.82) is 0 Å². The molecule has 0 fully saturated rings. The summed E-state index contributed by atoms with van der Waals surface area (Å²) in [5.41, 5.74) is 4.66. The lowest BCUT2D eigenvalue weighted by molar-refractivity contribution is 0.241. The summed E-state index contributed by atoms with van der Waals surface area (Å²) in [6.07, 6.45) is 8.02. The molecule has 20 heavy (non-hydrogen) atoms. The van der Waals surface area contributed by atoms with Gasteiger partial charge >= 0.3 is 0 Å². The summed E-state index contributed by atoms with van der Waals surface area (Å²) in [5.74, 6) is 0.807. The van der Waals surface area contributed by atoms with Crippen LogP contribution in [-0.4, -0.2) is 15.5 Å². The number of aryl methyl sites for hydroxylation is 1. The summed E-state index contributed by atoms with van der Waals surface area (Å²) in [5, 5.41) is 0. The summed E-state index contributed by atoms with van der Waals surface area (Å²) in [6, 6.07) is 8.44. The van der Waals surface area contributed by atoms with Crippen LogP contribution in [0.3, 0.4) is 0 Å². The third kappa shape index (κ3) is 2.52. The molecule has 0 saturated heterocycles. The highest BCUT2D eigenvalue weighted by atomic mass is 16.5. The number of hydrogen-bond donors (Lipinski definition) is 0. The van der Waals surface area contributed by atoms with Gasteiger partial charge in [-0.3, -0.25) is 4.98 Å². The second-order valence-electron chi connectivity index (χ2n) is 5.34. The van der Waals surface area contributed by atoms with Crippen molar-refractivity contribution in [3.05, 3.63) is 54.6 Å². The zero-order valence-corrected chi connectivity index (χ0v) is 12.0. The minimum Gasteiger partial charge on any atom is -0.489 e. The fraction of sp³-hybridized carbons (Fsp3) is 0.235. The maximum Gasteiger partial charge on any atom is 0.138 e. The SMILES string of the molecule is Cc1cc2ccc(-c3cncc(OC(C)C)c3)cn2c1. The summed E-state index contributed by atoms with van der Waals surface area (Å²) < 4.78 is 7.84. The number of hydrogen-bond acceptors (Lipinski definition) is 2. The van der Waals surface area contributed by atoms with E-state index in [9.17, 15) is 0 Å². The first-order valence-corrected chi connectivity index (χ1v) is 6.82. The van der Waals surface area contributed by atoms with Gasteiger partial charge in [0.1, 0.15) is 5.75 Å². The molecular weight excluding hydrogens is 248 g/mol. The Hall–Kier alpha value is -2.29. The molecule has 3 nitrogen and oxygen atoms in total. The van der Waals surface area contributed by atoms with Crippen LogP contribution in [0.5, 0.6) is 5.75 Å². The Balaban J connectivity index is 2.01. The second kappa shape index (κ2) is 5.00. The van der Waals surface area contributed by atoms with Gasteiger partial charge in [0.2, 0.25) is 0 Å². The average Bonchev–Trinajstić information content (AvgIpc) is 2.77. The predicted molar refractivity (Wildman–Crippen MR) is 81.1 cm³/mol. The molecule has 0 radical (unpaired) electrons. The van der Waals surface area contributed by atoms with Crippen molar-refractivity contribution in [2.45, 2.75) is 26.9 Å². The smallest absolute Gasteiger partial charge is 0.138 e. The van der Waals surface area contributed by atoms with E-state index in [2.05, 4.69) is 46.9 Å². The van der Waals surface area contributed by atoms with Crippen molar-refractivity contribution in [3.63, 3.8) is 0 Å². The molecule has 0 spiro atoms. The van der Waals surface area contributed by atoms with Gasteiger partial charge in [-0.15, -0.1) is 0 Å². The van der Waals surface area contributed by atoms with Gasteiger partial charge < -0.3 is 9.14 Å². The quantitative estimate of drug-likeness (QED) is 0.713. The van der Waals surface area contributed by atoms with E-state index in [4.69, 9.17) is 4.74 Å². The minimum atomic E-state index is 0.154. The molecule has 102 valence electrons. The third-order valence-corrected chi connectivity index (χ3v) is 3.15. The minimum absolute atomic E-state index is 0.154. The largest absolute Gasteiger partial charge is 0.489 e. The number of pyridine rings is 2. The van der Waals surface area contributed by atoms with Gasteiger partial charge in [0.25, 0.3) is 0 Å². The van der Waals surface area contributed by atoms with Gasteiger partial charge in [0.05, 0.1) is 12.3 Å². The van der Waals surface area contributed by atoms with Gasteiger partial charge in [-0.2, -0.15) is 0 Å². The monoisotopic (exact) mass is 266 g/mol. The lowest BCUT2D eigenvalue weighted by atomic mass is 10.1. The highest BCUT2D eigenvalue weighted by molar-refractivity contribution is 5.66. The highest BCUT2D eigenvalue weighted by Crippen LogP contribution is 2.24. The number of aromatic nitrogens is 2. The Labute approximate surface area is 118 Å². The van der Waals surface area contributed by atoms with Crippen LogP contribution in [0.2, 0.25) is 0 Å². The van der Waals surface area contributed by atoms with Gasteiger partial charge in [-0.1, -0.05) is 6.07 Å². The van der Waals surface area contributed by atoms with E-state index in [0.29, 0.717) is 0 Å². The molecule has 0 saturated carbocycles. The van der Waals surface area contributed by atoms with Crippen LogP contribution in [0.4, 0.5) is 0 Å². The fourth-order valence-corrected chi connectivity index (χ4v) is 2.34. The van der Waals surface area contributed by atoms with Crippen molar-refractivity contribution >= 4 is 5.52 Å². The van der Waals surface area contributed by atoms with Crippen LogP contribution >= 0.6 is 0 Å². The van der Waals surface area contributed by atoms with Crippen molar-refractivity contribution in [3.8, 4) is 16.9 Å². The van der Waals surface area contributed by atoms with Crippen LogP contribution in [0.25, 0.3) is 16.6 Å². The number of ether oxygens (including phenoxy) is 1. The molecule has 3 aromatic rings. The van der Waals surface area contributed by atoms with E-state index in [0.717, 1.165) is 16.9 Å². The molecule has 3 aromatic heterocycles. The van der Waals surface area contributed by atoms with Gasteiger partial charge in [0.15, 0.2) is 0 Å². The van der Waals surface area contributed by atoms with Gasteiger partial charge in [-0.25, -0.2) is 0 Å². The van der Waals surface area contributed by atoms with Crippen molar-refractivity contribution in [2.75, 3.05) is 0 Å². The molecule has 0 N–H and O–H groups in total. The van der Waals surface area contributed by atoms with Gasteiger partial charge in [0, 0.05) is 35.2 Å². The maximum absolute atomic E-state index is 5.70. The Kier molecular flexibility index (Phi) is 3.18. The van der Waals surface area contributed by atoms with Crippen LogP contribution in [0.1, 0.15) is 19.4 Å². The molecule has 0 aliphatic heterocycles. The first-order valence-electron chi connectivity index (χ1n) is 6.82. The highest BCUT2D eigenvalue weighted by Gasteiger charge is 2.04. The van der Waals surface area contributed by atoms with E-state index in [1.807, 2.05) is 26.1 Å². The normalized spacial score (nSPS) is 11.2. The second-order valence-corrected chi connectivity index (χ2v) is 5.34. The molecule has 3 rings (SSSR count). The number of rotatable bonds is 3. The van der Waals surface area contributed by atoms with Crippen LogP contribution in [-0.2, 0) is 0 Å². The Bertz CT molecular complexity index is 744. The lowest BCUT2D eigenvalue weighted by Gasteiger charge is -2.10. The molecule has 0 unspecified atom stereocenters. The fourth-order valence-electron chi connectivity index (χ4n) is 2.34. The van der Waals surface area contributed by atoms with Crippen molar-refractivity contribution in [2.24, 2.45) is 0 Å². The Morgan fingerprint density at radius 1 is 1.05 bits per heavy atom. The van der Waals surface area contributed by atoms with E-state index in [-0.39, 0.29) is 6.10 Å². The van der Waals surface area contributed by atoms with E-state index in [1.54, 1.807) is 6.20 Å². The van der Waals surface area contributed by atoms with Crippen LogP contribution < -0.4 is 4.74 Å². The van der Waals surface area contributed by atoms with E-state index < -0.39 is 0 Å². The van der Waals surface area contributed by atoms with E-state index >= 15 is 0 Å². The Morgan fingerprint density at radius 3 is 2.70 bits per heavy atom. The third-order valence-electron chi connectivity index (χ3n) is 3.15. The topological polar surface area (TPSA) is 26.5 Å². The average molecular weight is 266 g/mol. The summed E-state index contributed by atoms with van der Waals surface area (Å²) >= 11 is 0. The standard InChI is InChI=1S/C17H18N2O/c1-12(2)20-17-7-15(8-18-9-17)14-4-5-16-6-13(3)10-19(16)11-14/h4-12H,1-3H3. The van der Waals surface area contributed by atoms with Gasteiger partial charge in [-0.05, 0) is 44.5 Å². The Morgan fingerprint density at radius 2 is 1.90 bits per heavy atom. The lowest BCUT2D eigenvalue weighted by Crippen LogP contribution is -2.05. The van der Waals surface area contributed by atoms with Crippen molar-refractivity contribution < 1.29 is 4.74 Å². The molecule has 3 heterocycles. The summed E-state index contributed by atoms with van der Waals surface area (Å²) in [6.45, 7) is 6.13. The molecular formula is C17H18N2O. The first kappa shape index (κ1) is 12.7. The summed E-state index contributed by atoms with van der Waals surface area (Å²) in [4.78, 5) is 4.27.